The quantitative estimate of drug-likeness (QED) is 0.326. The minimum absolute atomic E-state index is 0.0243. The number of aryl methyl sites for hydroxylation is 2. The zero-order valence-corrected chi connectivity index (χ0v) is 18.9. The van der Waals surface area contributed by atoms with Crippen molar-refractivity contribution in [3.63, 3.8) is 0 Å². The number of hydrogen-bond donors (Lipinski definition) is 1. The van der Waals surface area contributed by atoms with E-state index in [2.05, 4.69) is 24.4 Å². The maximum atomic E-state index is 12.3. The van der Waals surface area contributed by atoms with Crippen LogP contribution in [0.25, 0.3) is 21.8 Å². The van der Waals surface area contributed by atoms with Gasteiger partial charge >= 0.3 is 0 Å². The van der Waals surface area contributed by atoms with Crippen LogP contribution < -0.4 is 5.32 Å². The fourth-order valence-electron chi connectivity index (χ4n) is 3.41. The number of anilines is 1. The molecular weight excluding hydrogens is 416 g/mol. The van der Waals surface area contributed by atoms with Gasteiger partial charge < -0.3 is 5.32 Å². The van der Waals surface area contributed by atoms with Crippen molar-refractivity contribution >= 4 is 28.7 Å². The van der Waals surface area contributed by atoms with Crippen LogP contribution >= 0.6 is 11.3 Å². The second-order valence-electron chi connectivity index (χ2n) is 7.70. The smallest absolute Gasteiger partial charge is 0.224 e. The first-order chi connectivity index (χ1) is 15.5. The minimum Gasteiger partial charge on any atom is -0.326 e. The highest BCUT2D eigenvalue weighted by Crippen LogP contribution is 2.33. The first-order valence-electron chi connectivity index (χ1n) is 10.5. The van der Waals surface area contributed by atoms with Crippen LogP contribution in [0.4, 0.5) is 5.69 Å². The van der Waals surface area contributed by atoms with Crippen LogP contribution in [-0.2, 0) is 4.79 Å². The number of Topliss-reactive ketones (excluding diaryl/α,β-unsaturated/α-hetero) is 1. The molecule has 0 radical (unpaired) electrons. The van der Waals surface area contributed by atoms with E-state index in [1.807, 2.05) is 61.5 Å². The van der Waals surface area contributed by atoms with Crippen LogP contribution in [0.3, 0.4) is 0 Å². The molecule has 4 nitrogen and oxygen atoms in total. The average molecular weight is 441 g/mol. The van der Waals surface area contributed by atoms with Crippen LogP contribution in [-0.4, -0.2) is 16.7 Å². The Morgan fingerprint density at radius 3 is 2.19 bits per heavy atom. The van der Waals surface area contributed by atoms with Crippen LogP contribution in [0.2, 0.25) is 0 Å². The van der Waals surface area contributed by atoms with E-state index >= 15 is 0 Å². The molecule has 5 heteroatoms. The van der Waals surface area contributed by atoms with E-state index in [0.29, 0.717) is 11.3 Å². The summed E-state index contributed by atoms with van der Waals surface area (Å²) in [5.74, 6) is -0.196. The van der Waals surface area contributed by atoms with Gasteiger partial charge in [0.15, 0.2) is 5.78 Å². The van der Waals surface area contributed by atoms with Crippen molar-refractivity contribution < 1.29 is 9.59 Å². The molecular formula is C27H24N2O2S. The van der Waals surface area contributed by atoms with Crippen LogP contribution in [0.5, 0.6) is 0 Å². The van der Waals surface area contributed by atoms with Crippen molar-refractivity contribution in [2.24, 2.45) is 0 Å². The number of nitrogens with zero attached hydrogens (tertiary/aromatic N) is 1. The fourth-order valence-corrected chi connectivity index (χ4v) is 4.36. The molecule has 0 spiro atoms. The summed E-state index contributed by atoms with van der Waals surface area (Å²) in [6.07, 6.45) is 0.341. The summed E-state index contributed by atoms with van der Waals surface area (Å²) in [5.41, 5.74) is 5.52. The predicted molar refractivity (Wildman–Crippen MR) is 131 cm³/mol. The second kappa shape index (κ2) is 9.71. The number of hydrogen-bond acceptors (Lipinski definition) is 4. The summed E-state index contributed by atoms with van der Waals surface area (Å²) in [5, 5.41) is 3.87. The third-order valence-corrected chi connectivity index (χ3v) is 6.23. The lowest BCUT2D eigenvalue weighted by Gasteiger charge is -2.06. The molecule has 0 unspecified atom stereocenters. The summed E-state index contributed by atoms with van der Waals surface area (Å²) in [6, 6.07) is 25.2. The first-order valence-corrected chi connectivity index (χ1v) is 11.3. The molecule has 1 N–H and O–H groups in total. The van der Waals surface area contributed by atoms with Gasteiger partial charge in [-0.05, 0) is 26.0 Å². The molecule has 0 aliphatic heterocycles. The molecule has 4 aromatic rings. The van der Waals surface area contributed by atoms with Crippen molar-refractivity contribution in [1.82, 2.24) is 4.98 Å². The Bertz CT molecular complexity index is 1230. The number of aromatic nitrogens is 1. The molecule has 4 rings (SSSR count). The van der Waals surface area contributed by atoms with Crippen LogP contribution in [0.1, 0.15) is 33.6 Å². The Balaban J connectivity index is 1.37. The van der Waals surface area contributed by atoms with Crippen molar-refractivity contribution in [2.45, 2.75) is 26.7 Å². The highest BCUT2D eigenvalue weighted by molar-refractivity contribution is 7.15. The minimum atomic E-state index is -0.172. The fraction of sp³-hybridized carbons (Fsp3) is 0.148. The highest BCUT2D eigenvalue weighted by Gasteiger charge is 2.12. The maximum Gasteiger partial charge on any atom is 0.224 e. The van der Waals surface area contributed by atoms with Gasteiger partial charge in [0.05, 0.1) is 5.69 Å². The van der Waals surface area contributed by atoms with Crippen molar-refractivity contribution in [3.8, 4) is 21.8 Å². The van der Waals surface area contributed by atoms with E-state index in [1.165, 1.54) is 0 Å². The highest BCUT2D eigenvalue weighted by atomic mass is 32.1. The molecule has 0 aliphatic carbocycles. The maximum absolute atomic E-state index is 12.3. The molecule has 0 aliphatic rings. The number of carbonyl (C=O) groups excluding carboxylic acids is 2. The summed E-state index contributed by atoms with van der Waals surface area (Å²) in [4.78, 5) is 30.5. The van der Waals surface area contributed by atoms with Gasteiger partial charge in [-0.15, -0.1) is 11.3 Å². The Kier molecular flexibility index (Phi) is 6.57. The number of carbonyl (C=O) groups is 2. The van der Waals surface area contributed by atoms with Crippen LogP contribution in [0, 0.1) is 13.8 Å². The largest absolute Gasteiger partial charge is 0.326 e. The average Bonchev–Trinajstić information content (AvgIpc) is 3.20. The molecule has 0 bridgehead atoms. The van der Waals surface area contributed by atoms with Gasteiger partial charge in [-0.25, -0.2) is 4.98 Å². The Morgan fingerprint density at radius 2 is 1.50 bits per heavy atom. The molecule has 160 valence electrons. The molecule has 0 saturated heterocycles. The number of amides is 1. The van der Waals surface area contributed by atoms with E-state index in [0.717, 1.165) is 32.3 Å². The molecule has 1 amide bonds. The van der Waals surface area contributed by atoms with Gasteiger partial charge in [0, 0.05) is 40.1 Å². The first kappa shape index (κ1) is 21.7. The number of rotatable bonds is 7. The van der Waals surface area contributed by atoms with E-state index in [-0.39, 0.29) is 24.5 Å². The summed E-state index contributed by atoms with van der Waals surface area (Å²) in [7, 11) is 0. The standard InChI is InChI=1S/C27H24N2O2S/c1-18-8-10-20(11-9-18)24(30)16-17-25(31)28-23-14-12-21(13-15-23)26-19(2)32-27(29-26)22-6-4-3-5-7-22/h3-15H,16-17H2,1-2H3,(H,28,31). The summed E-state index contributed by atoms with van der Waals surface area (Å²) < 4.78 is 0. The predicted octanol–water partition coefficient (Wildman–Crippen LogP) is 6.70. The monoisotopic (exact) mass is 440 g/mol. The normalized spacial score (nSPS) is 10.7. The van der Waals surface area contributed by atoms with Crippen molar-refractivity contribution in [3.05, 3.63) is 94.9 Å². The van der Waals surface area contributed by atoms with Crippen LogP contribution in [0.15, 0.2) is 78.9 Å². The zero-order valence-electron chi connectivity index (χ0n) is 18.1. The number of benzene rings is 3. The molecule has 0 fully saturated rings. The van der Waals surface area contributed by atoms with Gasteiger partial charge in [0.1, 0.15) is 5.01 Å². The second-order valence-corrected chi connectivity index (χ2v) is 8.91. The van der Waals surface area contributed by atoms with Crippen molar-refractivity contribution in [2.75, 3.05) is 5.32 Å². The number of thiazole rings is 1. The summed E-state index contributed by atoms with van der Waals surface area (Å²) in [6.45, 7) is 4.05. The topological polar surface area (TPSA) is 59.1 Å². The van der Waals surface area contributed by atoms with E-state index in [4.69, 9.17) is 4.98 Å². The Hall–Kier alpha value is -3.57. The van der Waals surface area contributed by atoms with Gasteiger partial charge in [0.25, 0.3) is 0 Å². The number of ketones is 1. The van der Waals surface area contributed by atoms with E-state index in [9.17, 15) is 9.59 Å². The van der Waals surface area contributed by atoms with Gasteiger partial charge in [-0.2, -0.15) is 0 Å². The van der Waals surface area contributed by atoms with E-state index in [1.54, 1.807) is 23.5 Å². The Morgan fingerprint density at radius 1 is 0.812 bits per heavy atom. The lowest BCUT2D eigenvalue weighted by atomic mass is 10.0. The molecule has 1 aromatic heterocycles. The molecule has 32 heavy (non-hydrogen) atoms. The van der Waals surface area contributed by atoms with Crippen molar-refractivity contribution in [1.29, 1.82) is 0 Å². The van der Waals surface area contributed by atoms with Gasteiger partial charge in [-0.3, -0.25) is 9.59 Å². The molecule has 3 aromatic carbocycles. The lowest BCUT2D eigenvalue weighted by molar-refractivity contribution is -0.116. The Labute approximate surface area is 192 Å². The number of nitrogens with one attached hydrogen (secondary N) is 1. The van der Waals surface area contributed by atoms with Gasteiger partial charge in [-0.1, -0.05) is 72.3 Å². The zero-order chi connectivity index (χ0) is 22.5. The summed E-state index contributed by atoms with van der Waals surface area (Å²) >= 11 is 1.67. The third kappa shape index (κ3) is 5.18. The molecule has 0 atom stereocenters. The molecule has 0 saturated carbocycles. The molecule has 1 heterocycles. The SMILES string of the molecule is Cc1ccc(C(=O)CCC(=O)Nc2ccc(-c3nc(-c4ccccc4)sc3C)cc2)cc1. The van der Waals surface area contributed by atoms with E-state index < -0.39 is 0 Å². The lowest BCUT2D eigenvalue weighted by Crippen LogP contribution is -2.13. The third-order valence-electron chi connectivity index (χ3n) is 5.21. The van der Waals surface area contributed by atoms with Gasteiger partial charge in [0.2, 0.25) is 5.91 Å².